The van der Waals surface area contributed by atoms with E-state index in [9.17, 15) is 0 Å². The van der Waals surface area contributed by atoms with E-state index in [2.05, 4.69) is 31.0 Å². The first-order chi connectivity index (χ1) is 7.36. The summed E-state index contributed by atoms with van der Waals surface area (Å²) in [5.74, 6) is 5.72. The Kier molecular flexibility index (Phi) is 2.61. The molecular formula is C7H8N8. The third kappa shape index (κ3) is 2.31. The Labute approximate surface area is 84.7 Å². The molecule has 1 aromatic heterocycles. The Bertz CT molecular complexity index is 422. The number of rotatable bonds is 3. The molecule has 0 saturated carbocycles. The van der Waals surface area contributed by atoms with Crippen molar-refractivity contribution in [2.45, 2.75) is 0 Å². The van der Waals surface area contributed by atoms with Gasteiger partial charge < -0.3 is 0 Å². The molecule has 0 amide bonds. The van der Waals surface area contributed by atoms with E-state index in [1.165, 1.54) is 0 Å². The quantitative estimate of drug-likeness (QED) is 0.431. The van der Waals surface area contributed by atoms with Crippen LogP contribution in [0.3, 0.4) is 0 Å². The normalized spacial score (nSPS) is 10.7. The largest absolute Gasteiger partial charge is 0.309 e. The maximum Gasteiger partial charge on any atom is 0.309 e. The summed E-state index contributed by atoms with van der Waals surface area (Å²) in [6, 6.07) is 9.18. The molecule has 2 aromatic rings. The van der Waals surface area contributed by atoms with Crippen LogP contribution in [0.25, 0.3) is 0 Å². The van der Waals surface area contributed by atoms with Crippen molar-refractivity contribution < 1.29 is 0 Å². The predicted molar refractivity (Wildman–Crippen MR) is 51.8 cm³/mol. The van der Waals surface area contributed by atoms with Crippen molar-refractivity contribution in [1.82, 2.24) is 20.6 Å². The van der Waals surface area contributed by atoms with Gasteiger partial charge in [-0.15, -0.1) is 5.10 Å². The summed E-state index contributed by atoms with van der Waals surface area (Å²) >= 11 is 0. The van der Waals surface area contributed by atoms with Gasteiger partial charge in [0, 0.05) is 0 Å². The van der Waals surface area contributed by atoms with Crippen LogP contribution in [0.5, 0.6) is 0 Å². The van der Waals surface area contributed by atoms with Gasteiger partial charge in [0.2, 0.25) is 0 Å². The van der Waals surface area contributed by atoms with Gasteiger partial charge >= 0.3 is 5.95 Å². The van der Waals surface area contributed by atoms with Crippen molar-refractivity contribution >= 4 is 11.6 Å². The molecule has 0 fully saturated rings. The number of nitrogens with one attached hydrogen (secondary N) is 1. The van der Waals surface area contributed by atoms with Crippen LogP contribution >= 0.6 is 0 Å². The third-order valence-electron chi connectivity index (χ3n) is 1.59. The van der Waals surface area contributed by atoms with Crippen molar-refractivity contribution in [3.63, 3.8) is 0 Å². The fourth-order valence-corrected chi connectivity index (χ4v) is 0.919. The Hall–Kier alpha value is -2.35. The van der Waals surface area contributed by atoms with Gasteiger partial charge in [-0.2, -0.15) is 10.3 Å². The van der Waals surface area contributed by atoms with Crippen molar-refractivity contribution in [2.75, 3.05) is 5.12 Å². The lowest BCUT2D eigenvalue weighted by Gasteiger charge is -2.08. The molecule has 3 N–H and O–H groups in total. The number of aromatic nitrogens is 4. The van der Waals surface area contributed by atoms with Crippen molar-refractivity contribution in [3.05, 3.63) is 30.3 Å². The van der Waals surface area contributed by atoms with Gasteiger partial charge in [-0.25, -0.2) is 5.84 Å². The third-order valence-corrected chi connectivity index (χ3v) is 1.59. The summed E-state index contributed by atoms with van der Waals surface area (Å²) in [5, 5.41) is 21.2. The number of para-hydroxylation sites is 1. The standard InChI is InChI=1S/C7H8N8/c8-15(6-4-2-1-3-5-6)14-11-7-9-12-13-10-7/h1-5H,8H2,(H,9,10,12,13)/b14-11+. The number of hydrogen-bond donors (Lipinski definition) is 2. The smallest absolute Gasteiger partial charge is 0.225 e. The van der Waals surface area contributed by atoms with Crippen LogP contribution < -0.4 is 11.0 Å². The average Bonchev–Trinajstić information content (AvgIpc) is 2.80. The van der Waals surface area contributed by atoms with Gasteiger partial charge in [-0.1, -0.05) is 28.4 Å². The summed E-state index contributed by atoms with van der Waals surface area (Å²) in [6.07, 6.45) is 0. The zero-order chi connectivity index (χ0) is 10.5. The number of tetrazole rings is 1. The number of nitrogens with two attached hydrogens (primary N) is 1. The number of hydrogen-bond acceptors (Lipinski definition) is 6. The van der Waals surface area contributed by atoms with Gasteiger partial charge in [0.15, 0.2) is 0 Å². The first-order valence-electron chi connectivity index (χ1n) is 4.11. The molecule has 8 nitrogen and oxygen atoms in total. The summed E-state index contributed by atoms with van der Waals surface area (Å²) in [4.78, 5) is 0. The molecular weight excluding hydrogens is 196 g/mol. The zero-order valence-electron chi connectivity index (χ0n) is 7.65. The molecule has 0 atom stereocenters. The Morgan fingerprint density at radius 1 is 1.27 bits per heavy atom. The highest BCUT2D eigenvalue weighted by molar-refractivity contribution is 5.42. The monoisotopic (exact) mass is 204 g/mol. The van der Waals surface area contributed by atoms with Gasteiger partial charge in [0.1, 0.15) is 0 Å². The first kappa shape index (κ1) is 9.21. The summed E-state index contributed by atoms with van der Waals surface area (Å²) < 4.78 is 0. The SMILES string of the molecule is NN(/N=N/c1nn[nH]n1)c1ccccc1. The van der Waals surface area contributed by atoms with Crippen LogP contribution in [0.15, 0.2) is 40.7 Å². The molecule has 76 valence electrons. The second-order valence-electron chi connectivity index (χ2n) is 2.58. The molecule has 1 aromatic carbocycles. The van der Waals surface area contributed by atoms with Gasteiger partial charge in [-0.3, -0.25) is 0 Å². The lowest BCUT2D eigenvalue weighted by Crippen LogP contribution is -2.23. The van der Waals surface area contributed by atoms with Gasteiger partial charge in [0.05, 0.1) is 5.69 Å². The Balaban J connectivity index is 2.07. The Morgan fingerprint density at radius 3 is 2.73 bits per heavy atom. The highest BCUT2D eigenvalue weighted by Gasteiger charge is 1.98. The Morgan fingerprint density at radius 2 is 2.07 bits per heavy atom. The number of aromatic amines is 1. The minimum Gasteiger partial charge on any atom is -0.225 e. The van der Waals surface area contributed by atoms with E-state index in [0.29, 0.717) is 5.69 Å². The highest BCUT2D eigenvalue weighted by Crippen LogP contribution is 2.10. The summed E-state index contributed by atoms with van der Waals surface area (Å²) in [7, 11) is 0. The van der Waals surface area contributed by atoms with E-state index in [1.54, 1.807) is 12.1 Å². The first-order valence-corrected chi connectivity index (χ1v) is 4.11. The van der Waals surface area contributed by atoms with E-state index in [4.69, 9.17) is 5.84 Å². The molecule has 0 bridgehead atoms. The predicted octanol–water partition coefficient (Wildman–Crippen LogP) is 0.579. The molecule has 0 unspecified atom stereocenters. The minimum atomic E-state index is 0.126. The van der Waals surface area contributed by atoms with E-state index in [0.717, 1.165) is 5.12 Å². The molecule has 0 saturated heterocycles. The van der Waals surface area contributed by atoms with Crippen LogP contribution in [0, 0.1) is 0 Å². The number of H-pyrrole nitrogens is 1. The number of nitrogens with zero attached hydrogens (tertiary/aromatic N) is 6. The fraction of sp³-hybridized carbons (Fsp3) is 0. The van der Waals surface area contributed by atoms with Crippen LogP contribution in [0.2, 0.25) is 0 Å². The maximum absolute atomic E-state index is 5.60. The topological polar surface area (TPSA) is 108 Å². The van der Waals surface area contributed by atoms with E-state index >= 15 is 0 Å². The fourth-order valence-electron chi connectivity index (χ4n) is 0.919. The molecule has 0 radical (unpaired) electrons. The molecule has 8 heteroatoms. The van der Waals surface area contributed by atoms with E-state index in [-0.39, 0.29) is 5.95 Å². The van der Waals surface area contributed by atoms with Crippen molar-refractivity contribution in [1.29, 1.82) is 0 Å². The van der Waals surface area contributed by atoms with Crippen molar-refractivity contribution in [3.8, 4) is 0 Å². The molecule has 0 aliphatic rings. The molecule has 15 heavy (non-hydrogen) atoms. The van der Waals surface area contributed by atoms with Crippen LogP contribution in [0.4, 0.5) is 11.6 Å². The lowest BCUT2D eigenvalue weighted by molar-refractivity contribution is 0.842. The molecule has 0 aliphatic carbocycles. The number of anilines is 1. The van der Waals surface area contributed by atoms with Gasteiger partial charge in [0.25, 0.3) is 0 Å². The lowest BCUT2D eigenvalue weighted by atomic mass is 10.3. The number of benzene rings is 1. The molecule has 2 rings (SSSR count). The van der Waals surface area contributed by atoms with Crippen LogP contribution in [0.1, 0.15) is 0 Å². The summed E-state index contributed by atoms with van der Waals surface area (Å²) in [5.41, 5.74) is 0.713. The maximum atomic E-state index is 5.60. The second kappa shape index (κ2) is 4.24. The van der Waals surface area contributed by atoms with Gasteiger partial charge in [-0.05, 0) is 22.6 Å². The van der Waals surface area contributed by atoms with Crippen molar-refractivity contribution in [2.24, 2.45) is 16.2 Å². The summed E-state index contributed by atoms with van der Waals surface area (Å²) in [6.45, 7) is 0. The molecule has 0 spiro atoms. The van der Waals surface area contributed by atoms with Crippen LogP contribution in [-0.4, -0.2) is 20.6 Å². The minimum absolute atomic E-state index is 0.126. The second-order valence-corrected chi connectivity index (χ2v) is 2.58. The van der Waals surface area contributed by atoms with Crippen LogP contribution in [-0.2, 0) is 0 Å². The number of hydrazine groups is 1. The molecule has 1 heterocycles. The highest BCUT2D eigenvalue weighted by atomic mass is 15.7. The van der Waals surface area contributed by atoms with E-state index < -0.39 is 0 Å². The molecule has 0 aliphatic heterocycles. The average molecular weight is 204 g/mol. The zero-order valence-corrected chi connectivity index (χ0v) is 7.65. The van der Waals surface area contributed by atoms with E-state index in [1.807, 2.05) is 18.2 Å².